The Hall–Kier alpha value is -2.23. The molecule has 0 N–H and O–H groups in total. The highest BCUT2D eigenvalue weighted by Crippen LogP contribution is 2.31. The van der Waals surface area contributed by atoms with Crippen LogP contribution in [0, 0.1) is 18.3 Å². The largest absolute Gasteiger partial charge is 0.462 e. The first-order valence-electron chi connectivity index (χ1n) is 7.59. The summed E-state index contributed by atoms with van der Waals surface area (Å²) in [5.41, 5.74) is 0.891. The van der Waals surface area contributed by atoms with Crippen LogP contribution >= 0.6 is 0 Å². The van der Waals surface area contributed by atoms with Crippen molar-refractivity contribution in [3.63, 3.8) is 0 Å². The second-order valence-corrected chi connectivity index (χ2v) is 5.52. The van der Waals surface area contributed by atoms with Gasteiger partial charge in [-0.3, -0.25) is 0 Å². The van der Waals surface area contributed by atoms with Crippen molar-refractivity contribution in [3.05, 3.63) is 22.9 Å². The monoisotopic (exact) mass is 323 g/mol. The Kier molecular flexibility index (Phi) is 5.14. The van der Waals surface area contributed by atoms with Gasteiger partial charge >= 0.3 is 5.97 Å². The maximum atomic E-state index is 13.5. The number of aryl methyl sites for hydroxylation is 1. The van der Waals surface area contributed by atoms with E-state index in [-0.39, 0.29) is 37.1 Å². The molecule has 1 aromatic rings. The maximum Gasteiger partial charge on any atom is 0.341 e. The van der Waals surface area contributed by atoms with Crippen LogP contribution in [0.25, 0.3) is 0 Å². The van der Waals surface area contributed by atoms with Gasteiger partial charge in [0.15, 0.2) is 0 Å². The van der Waals surface area contributed by atoms with Gasteiger partial charge in [-0.15, -0.1) is 0 Å². The number of pyridine rings is 1. The molecule has 1 aliphatic rings. The molecule has 0 radical (unpaired) electrons. The van der Waals surface area contributed by atoms with E-state index < -0.39 is 11.9 Å². The molecule has 23 heavy (non-hydrogen) atoms. The summed E-state index contributed by atoms with van der Waals surface area (Å²) in [5.74, 6) is -2.97. The molecule has 0 amide bonds. The van der Waals surface area contributed by atoms with Gasteiger partial charge in [-0.05, 0) is 26.3 Å². The van der Waals surface area contributed by atoms with Crippen molar-refractivity contribution in [2.75, 3.05) is 24.6 Å². The maximum absolute atomic E-state index is 13.5. The molecule has 1 aromatic heterocycles. The van der Waals surface area contributed by atoms with Crippen molar-refractivity contribution in [1.29, 1.82) is 5.26 Å². The minimum Gasteiger partial charge on any atom is -0.462 e. The third kappa shape index (κ3) is 3.95. The zero-order valence-electron chi connectivity index (χ0n) is 13.2. The van der Waals surface area contributed by atoms with Crippen LogP contribution in [0.15, 0.2) is 6.07 Å². The van der Waals surface area contributed by atoms with Crippen LogP contribution in [-0.2, 0) is 4.74 Å². The van der Waals surface area contributed by atoms with Crippen molar-refractivity contribution < 1.29 is 18.3 Å². The number of alkyl halides is 2. The lowest BCUT2D eigenvalue weighted by atomic mass is 10.1. The van der Waals surface area contributed by atoms with Gasteiger partial charge in [-0.25, -0.2) is 18.6 Å². The van der Waals surface area contributed by atoms with E-state index in [4.69, 9.17) is 10.00 Å². The van der Waals surface area contributed by atoms with Crippen molar-refractivity contribution in [3.8, 4) is 6.07 Å². The minimum atomic E-state index is -2.69. The Morgan fingerprint density at radius 1 is 1.48 bits per heavy atom. The van der Waals surface area contributed by atoms with Crippen LogP contribution in [0.1, 0.15) is 47.8 Å². The number of anilines is 1. The van der Waals surface area contributed by atoms with Crippen LogP contribution < -0.4 is 4.90 Å². The zero-order chi connectivity index (χ0) is 17.0. The molecule has 2 heterocycles. The van der Waals surface area contributed by atoms with E-state index in [2.05, 4.69) is 4.98 Å². The van der Waals surface area contributed by atoms with Gasteiger partial charge in [0.1, 0.15) is 17.5 Å². The highest BCUT2D eigenvalue weighted by Gasteiger charge is 2.33. The van der Waals surface area contributed by atoms with E-state index in [1.807, 2.05) is 6.07 Å². The first-order valence-corrected chi connectivity index (χ1v) is 7.59. The summed E-state index contributed by atoms with van der Waals surface area (Å²) in [4.78, 5) is 18.2. The van der Waals surface area contributed by atoms with Crippen molar-refractivity contribution in [1.82, 2.24) is 4.98 Å². The summed E-state index contributed by atoms with van der Waals surface area (Å²) >= 11 is 0. The van der Waals surface area contributed by atoms with E-state index in [1.54, 1.807) is 18.7 Å². The summed E-state index contributed by atoms with van der Waals surface area (Å²) in [6.45, 7) is 4.02. The number of carbonyl (C=O) groups is 1. The van der Waals surface area contributed by atoms with Crippen molar-refractivity contribution in [2.24, 2.45) is 0 Å². The number of halogens is 2. The van der Waals surface area contributed by atoms with E-state index in [0.717, 1.165) is 0 Å². The predicted octanol–water partition coefficient (Wildman–Crippen LogP) is 3.06. The molecule has 0 aromatic carbocycles. The van der Waals surface area contributed by atoms with Gasteiger partial charge in [0.05, 0.1) is 17.9 Å². The summed E-state index contributed by atoms with van der Waals surface area (Å²) in [5, 5.41) is 9.11. The number of nitriles is 1. The second-order valence-electron chi connectivity index (χ2n) is 5.52. The lowest BCUT2D eigenvalue weighted by Crippen LogP contribution is -2.29. The number of aromatic nitrogens is 1. The van der Waals surface area contributed by atoms with Crippen LogP contribution in [0.3, 0.4) is 0 Å². The third-order valence-corrected chi connectivity index (χ3v) is 3.83. The van der Waals surface area contributed by atoms with Gasteiger partial charge in [0.2, 0.25) is 5.92 Å². The first kappa shape index (κ1) is 17.1. The van der Waals surface area contributed by atoms with E-state index in [0.29, 0.717) is 24.5 Å². The Labute approximate surface area is 133 Å². The second kappa shape index (κ2) is 6.90. The van der Waals surface area contributed by atoms with Crippen LogP contribution in [0.4, 0.5) is 14.6 Å². The molecular weight excluding hydrogens is 304 g/mol. The van der Waals surface area contributed by atoms with Gasteiger partial charge in [-0.1, -0.05) is 0 Å². The molecule has 0 spiro atoms. The molecule has 1 fully saturated rings. The molecular formula is C16H19F2N3O2. The summed E-state index contributed by atoms with van der Waals surface area (Å²) < 4.78 is 32.1. The van der Waals surface area contributed by atoms with E-state index >= 15 is 0 Å². The van der Waals surface area contributed by atoms with Crippen molar-refractivity contribution in [2.45, 2.75) is 39.0 Å². The predicted molar refractivity (Wildman–Crippen MR) is 80.7 cm³/mol. The number of hydrogen-bond donors (Lipinski definition) is 0. The molecule has 2 rings (SSSR count). The molecule has 1 aliphatic heterocycles. The quantitative estimate of drug-likeness (QED) is 0.800. The number of ether oxygens (including phenoxy) is 1. The number of carbonyl (C=O) groups excluding carboxylic acids is 1. The van der Waals surface area contributed by atoms with Gasteiger partial charge in [-0.2, -0.15) is 5.26 Å². The average molecular weight is 323 g/mol. The smallest absolute Gasteiger partial charge is 0.341 e. The molecule has 7 heteroatoms. The molecule has 0 bridgehead atoms. The number of hydrogen-bond acceptors (Lipinski definition) is 5. The summed E-state index contributed by atoms with van der Waals surface area (Å²) in [7, 11) is 0. The Balaban J connectivity index is 2.41. The number of nitrogens with zero attached hydrogens (tertiary/aromatic N) is 3. The molecule has 1 saturated heterocycles. The fourth-order valence-corrected chi connectivity index (χ4v) is 2.58. The Morgan fingerprint density at radius 2 is 2.22 bits per heavy atom. The fraction of sp³-hybridized carbons (Fsp3) is 0.562. The molecule has 5 nitrogen and oxygen atoms in total. The number of rotatable bonds is 3. The van der Waals surface area contributed by atoms with Crippen LogP contribution in [0.2, 0.25) is 0 Å². The summed E-state index contributed by atoms with van der Waals surface area (Å²) in [6.07, 6.45) is -0.139. The molecule has 0 atom stereocenters. The minimum absolute atomic E-state index is 0.109. The normalized spacial score (nSPS) is 17.3. The lowest BCUT2D eigenvalue weighted by molar-refractivity contribution is -0.0102. The highest BCUT2D eigenvalue weighted by atomic mass is 19.3. The summed E-state index contributed by atoms with van der Waals surface area (Å²) in [6, 6.07) is 3.41. The van der Waals surface area contributed by atoms with Gasteiger partial charge in [0.25, 0.3) is 0 Å². The standard InChI is InChI=1S/C16H19F2N3O2/c1-3-23-15(22)13-9-12(10-19)11(2)20-14(13)21-7-4-5-16(17,18)6-8-21/h9H,3-8H2,1-2H3. The highest BCUT2D eigenvalue weighted by molar-refractivity contribution is 5.95. The first-order chi connectivity index (χ1) is 10.9. The van der Waals surface area contributed by atoms with E-state index in [1.165, 1.54) is 6.07 Å². The van der Waals surface area contributed by atoms with E-state index in [9.17, 15) is 13.6 Å². The lowest BCUT2D eigenvalue weighted by Gasteiger charge is -2.24. The van der Waals surface area contributed by atoms with Gasteiger partial charge in [0, 0.05) is 25.9 Å². The average Bonchev–Trinajstić information content (AvgIpc) is 2.68. The molecule has 0 aliphatic carbocycles. The van der Waals surface area contributed by atoms with Crippen LogP contribution in [-0.4, -0.2) is 36.6 Å². The Bertz CT molecular complexity index is 641. The molecule has 0 saturated carbocycles. The van der Waals surface area contributed by atoms with Gasteiger partial charge < -0.3 is 9.64 Å². The SMILES string of the molecule is CCOC(=O)c1cc(C#N)c(C)nc1N1CCCC(F)(F)CC1. The topological polar surface area (TPSA) is 66.2 Å². The fourth-order valence-electron chi connectivity index (χ4n) is 2.58. The number of esters is 1. The third-order valence-electron chi connectivity index (χ3n) is 3.83. The van der Waals surface area contributed by atoms with Crippen molar-refractivity contribution >= 4 is 11.8 Å². The molecule has 0 unspecified atom stereocenters. The van der Waals surface area contributed by atoms with Crippen LogP contribution in [0.5, 0.6) is 0 Å². The molecule has 124 valence electrons. The zero-order valence-corrected chi connectivity index (χ0v) is 13.2. The Morgan fingerprint density at radius 3 is 2.87 bits per heavy atom.